The zero-order valence-electron chi connectivity index (χ0n) is 8.88. The third kappa shape index (κ3) is 1.90. The number of hydrogen-bond acceptors (Lipinski definition) is 4. The summed E-state index contributed by atoms with van der Waals surface area (Å²) in [6.07, 6.45) is 4.08. The molecule has 0 aromatic carbocycles. The second kappa shape index (κ2) is 4.32. The van der Waals surface area contributed by atoms with Gasteiger partial charge in [-0.3, -0.25) is 0 Å². The molecular formula is C11H12N2O3. The molecule has 2 aromatic rings. The molecule has 5 heteroatoms. The number of nitrogens with zero attached hydrogens (tertiary/aromatic N) is 2. The first-order chi connectivity index (χ1) is 7.74. The summed E-state index contributed by atoms with van der Waals surface area (Å²) in [6.45, 7) is 0.0632. The van der Waals surface area contributed by atoms with Gasteiger partial charge >= 0.3 is 5.97 Å². The van der Waals surface area contributed by atoms with E-state index < -0.39 is 0 Å². The third-order valence-electron chi connectivity index (χ3n) is 2.30. The fourth-order valence-electron chi connectivity index (χ4n) is 1.51. The van der Waals surface area contributed by atoms with Crippen LogP contribution in [0.15, 0.2) is 24.5 Å². The van der Waals surface area contributed by atoms with Gasteiger partial charge in [0.15, 0.2) is 0 Å². The first-order valence-corrected chi connectivity index (χ1v) is 4.91. The number of carbonyl (C=O) groups excluding carboxylic acids is 1. The monoisotopic (exact) mass is 220 g/mol. The Labute approximate surface area is 92.3 Å². The maximum absolute atomic E-state index is 11.3. The molecule has 0 spiro atoms. The highest BCUT2D eigenvalue weighted by Gasteiger charge is 2.07. The molecule has 0 bridgehead atoms. The highest BCUT2D eigenvalue weighted by atomic mass is 16.5. The van der Waals surface area contributed by atoms with Crippen LogP contribution in [-0.4, -0.2) is 34.2 Å². The van der Waals surface area contributed by atoms with E-state index in [9.17, 15) is 4.79 Å². The predicted molar refractivity (Wildman–Crippen MR) is 57.3 cm³/mol. The lowest BCUT2D eigenvalue weighted by atomic mass is 10.3. The van der Waals surface area contributed by atoms with Crippen LogP contribution in [0, 0.1) is 0 Å². The standard InChI is InChI=1S/C11H12N2O3/c1-16-11(15)8-2-4-13-7-9(3-5-14)12-10(13)6-8/h2,4,6-7,14H,3,5H2,1H3. The van der Waals surface area contributed by atoms with Gasteiger partial charge in [0.05, 0.1) is 18.4 Å². The molecule has 2 aromatic heterocycles. The SMILES string of the molecule is COC(=O)c1ccn2cc(CCO)nc2c1. The van der Waals surface area contributed by atoms with Crippen LogP contribution < -0.4 is 0 Å². The largest absolute Gasteiger partial charge is 0.465 e. The Morgan fingerprint density at radius 1 is 1.62 bits per heavy atom. The van der Waals surface area contributed by atoms with E-state index in [-0.39, 0.29) is 12.6 Å². The van der Waals surface area contributed by atoms with E-state index in [1.807, 2.05) is 6.20 Å². The summed E-state index contributed by atoms with van der Waals surface area (Å²) in [5.74, 6) is -0.380. The van der Waals surface area contributed by atoms with E-state index in [4.69, 9.17) is 5.11 Å². The molecule has 0 fully saturated rings. The quantitative estimate of drug-likeness (QED) is 0.771. The van der Waals surface area contributed by atoms with Crippen LogP contribution in [0.5, 0.6) is 0 Å². The molecule has 5 nitrogen and oxygen atoms in total. The Morgan fingerprint density at radius 2 is 2.44 bits per heavy atom. The average molecular weight is 220 g/mol. The number of ether oxygens (including phenoxy) is 1. The molecule has 84 valence electrons. The molecule has 0 saturated heterocycles. The van der Waals surface area contributed by atoms with E-state index >= 15 is 0 Å². The Hall–Kier alpha value is -1.88. The Balaban J connectivity index is 2.41. The van der Waals surface area contributed by atoms with Crippen molar-refractivity contribution in [3.63, 3.8) is 0 Å². The Bertz CT molecular complexity index is 519. The molecule has 0 radical (unpaired) electrons. The van der Waals surface area contributed by atoms with Crippen LogP contribution >= 0.6 is 0 Å². The molecular weight excluding hydrogens is 208 g/mol. The second-order valence-corrected chi connectivity index (χ2v) is 3.38. The van der Waals surface area contributed by atoms with Crippen molar-refractivity contribution in [2.45, 2.75) is 6.42 Å². The van der Waals surface area contributed by atoms with E-state index in [1.54, 1.807) is 22.7 Å². The summed E-state index contributed by atoms with van der Waals surface area (Å²) in [5, 5.41) is 8.80. The van der Waals surface area contributed by atoms with Gasteiger partial charge in [-0.25, -0.2) is 9.78 Å². The van der Waals surface area contributed by atoms with E-state index in [1.165, 1.54) is 7.11 Å². The minimum Gasteiger partial charge on any atom is -0.465 e. The van der Waals surface area contributed by atoms with E-state index in [2.05, 4.69) is 9.72 Å². The van der Waals surface area contributed by atoms with Crippen molar-refractivity contribution in [2.75, 3.05) is 13.7 Å². The third-order valence-corrected chi connectivity index (χ3v) is 2.30. The van der Waals surface area contributed by atoms with Crippen molar-refractivity contribution in [2.24, 2.45) is 0 Å². The number of esters is 1. The number of hydrogen-bond donors (Lipinski definition) is 1. The van der Waals surface area contributed by atoms with Gasteiger partial charge in [0.25, 0.3) is 0 Å². The lowest BCUT2D eigenvalue weighted by Crippen LogP contribution is -2.01. The Kier molecular flexibility index (Phi) is 2.87. The summed E-state index contributed by atoms with van der Waals surface area (Å²) >= 11 is 0. The number of imidazole rings is 1. The van der Waals surface area contributed by atoms with Gasteiger partial charge in [0, 0.05) is 25.4 Å². The van der Waals surface area contributed by atoms with Gasteiger partial charge < -0.3 is 14.2 Å². The van der Waals surface area contributed by atoms with Gasteiger partial charge in [-0.05, 0) is 12.1 Å². The molecule has 0 unspecified atom stereocenters. The van der Waals surface area contributed by atoms with Gasteiger partial charge in [-0.1, -0.05) is 0 Å². The predicted octanol–water partition coefficient (Wildman–Crippen LogP) is 0.656. The molecule has 0 amide bonds. The summed E-state index contributed by atoms with van der Waals surface area (Å²) in [6, 6.07) is 3.33. The number of fused-ring (bicyclic) bond motifs is 1. The van der Waals surface area contributed by atoms with Crippen molar-refractivity contribution in [1.29, 1.82) is 0 Å². The summed E-state index contributed by atoms with van der Waals surface area (Å²) in [7, 11) is 1.34. The lowest BCUT2D eigenvalue weighted by molar-refractivity contribution is 0.0600. The number of methoxy groups -OCH3 is 1. The summed E-state index contributed by atoms with van der Waals surface area (Å²) in [5.41, 5.74) is 1.94. The molecule has 16 heavy (non-hydrogen) atoms. The molecule has 2 rings (SSSR count). The number of rotatable bonds is 3. The second-order valence-electron chi connectivity index (χ2n) is 3.38. The van der Waals surface area contributed by atoms with Crippen molar-refractivity contribution in [3.05, 3.63) is 35.8 Å². The van der Waals surface area contributed by atoms with Crippen molar-refractivity contribution < 1.29 is 14.6 Å². The van der Waals surface area contributed by atoms with E-state index in [0.29, 0.717) is 17.6 Å². The van der Waals surface area contributed by atoms with Crippen LogP contribution in [0.25, 0.3) is 5.65 Å². The number of aliphatic hydroxyl groups is 1. The van der Waals surface area contributed by atoms with Crippen LogP contribution in [0.2, 0.25) is 0 Å². The lowest BCUT2D eigenvalue weighted by Gasteiger charge is -1.98. The first kappa shape index (κ1) is 10.6. The average Bonchev–Trinajstić information content (AvgIpc) is 2.69. The van der Waals surface area contributed by atoms with Crippen molar-refractivity contribution in [3.8, 4) is 0 Å². The van der Waals surface area contributed by atoms with Crippen LogP contribution in [0.1, 0.15) is 16.1 Å². The highest BCUT2D eigenvalue weighted by Crippen LogP contribution is 2.09. The molecule has 2 heterocycles. The molecule has 0 aliphatic carbocycles. The normalized spacial score (nSPS) is 10.6. The highest BCUT2D eigenvalue weighted by molar-refractivity contribution is 5.90. The zero-order chi connectivity index (χ0) is 11.5. The number of carbonyl (C=O) groups is 1. The fourth-order valence-corrected chi connectivity index (χ4v) is 1.51. The smallest absolute Gasteiger partial charge is 0.338 e. The van der Waals surface area contributed by atoms with Crippen LogP contribution in [-0.2, 0) is 11.2 Å². The molecule has 1 N–H and O–H groups in total. The van der Waals surface area contributed by atoms with Crippen LogP contribution in [0.3, 0.4) is 0 Å². The van der Waals surface area contributed by atoms with Gasteiger partial charge in [0.2, 0.25) is 0 Å². The van der Waals surface area contributed by atoms with Crippen LogP contribution in [0.4, 0.5) is 0 Å². The Morgan fingerprint density at radius 3 is 3.12 bits per heavy atom. The minimum atomic E-state index is -0.380. The number of pyridine rings is 1. The molecule has 0 aliphatic heterocycles. The summed E-state index contributed by atoms with van der Waals surface area (Å²) in [4.78, 5) is 15.6. The number of aliphatic hydroxyl groups excluding tert-OH is 1. The molecule has 0 atom stereocenters. The van der Waals surface area contributed by atoms with Crippen molar-refractivity contribution >= 4 is 11.6 Å². The van der Waals surface area contributed by atoms with Crippen molar-refractivity contribution in [1.82, 2.24) is 9.38 Å². The first-order valence-electron chi connectivity index (χ1n) is 4.91. The maximum atomic E-state index is 11.3. The molecule has 0 saturated carbocycles. The van der Waals surface area contributed by atoms with Gasteiger partial charge in [-0.15, -0.1) is 0 Å². The zero-order valence-corrected chi connectivity index (χ0v) is 8.88. The van der Waals surface area contributed by atoms with E-state index in [0.717, 1.165) is 5.69 Å². The fraction of sp³-hybridized carbons (Fsp3) is 0.273. The summed E-state index contributed by atoms with van der Waals surface area (Å²) < 4.78 is 6.43. The maximum Gasteiger partial charge on any atom is 0.338 e. The number of aromatic nitrogens is 2. The van der Waals surface area contributed by atoms with Gasteiger partial charge in [0.1, 0.15) is 5.65 Å². The van der Waals surface area contributed by atoms with Gasteiger partial charge in [-0.2, -0.15) is 0 Å². The minimum absolute atomic E-state index is 0.0632. The molecule has 0 aliphatic rings. The topological polar surface area (TPSA) is 63.8 Å².